The zero-order valence-corrected chi connectivity index (χ0v) is 19.6. The lowest BCUT2D eigenvalue weighted by molar-refractivity contribution is -0.126. The van der Waals surface area contributed by atoms with Crippen LogP contribution in [-0.4, -0.2) is 28.8 Å². The van der Waals surface area contributed by atoms with E-state index >= 15 is 0 Å². The fourth-order valence-electron chi connectivity index (χ4n) is 4.09. The number of piperidine rings is 1. The summed E-state index contributed by atoms with van der Waals surface area (Å²) in [7, 11) is 0. The molecule has 3 aromatic rings. The molecule has 0 aliphatic carbocycles. The molecule has 168 valence electrons. The van der Waals surface area contributed by atoms with Crippen molar-refractivity contribution in [1.82, 2.24) is 15.1 Å². The second kappa shape index (κ2) is 10.3. The first-order valence-corrected chi connectivity index (χ1v) is 12.3. The Kier molecular flexibility index (Phi) is 7.27. The average Bonchev–Trinajstić information content (AvgIpc) is 3.34. The quantitative estimate of drug-likeness (QED) is 0.537. The third-order valence-electron chi connectivity index (χ3n) is 5.81. The fourth-order valence-corrected chi connectivity index (χ4v) is 5.08. The molecule has 1 amide bonds. The predicted molar refractivity (Wildman–Crippen MR) is 130 cm³/mol. The Morgan fingerprint density at radius 2 is 2.03 bits per heavy atom. The van der Waals surface area contributed by atoms with Gasteiger partial charge in [-0.2, -0.15) is 4.68 Å². The first-order valence-electron chi connectivity index (χ1n) is 11.0. The van der Waals surface area contributed by atoms with Crippen LogP contribution < -0.4 is 15.8 Å². The number of thiophene rings is 1. The number of anilines is 1. The molecule has 0 radical (unpaired) electrons. The van der Waals surface area contributed by atoms with Crippen LogP contribution in [0.4, 0.5) is 5.82 Å². The van der Waals surface area contributed by atoms with Crippen LogP contribution >= 0.6 is 22.9 Å². The van der Waals surface area contributed by atoms with Crippen molar-refractivity contribution in [3.8, 4) is 5.69 Å². The number of carbonyl (C=O) groups excluding carboxylic acids is 1. The van der Waals surface area contributed by atoms with Gasteiger partial charge in [-0.3, -0.25) is 9.59 Å². The Morgan fingerprint density at radius 1 is 1.22 bits per heavy atom. The Labute approximate surface area is 196 Å². The Morgan fingerprint density at radius 3 is 2.72 bits per heavy atom. The largest absolute Gasteiger partial charge is 0.355 e. The molecule has 1 aliphatic rings. The fraction of sp³-hybridized carbons (Fsp3) is 0.375. The molecule has 2 aromatic heterocycles. The minimum absolute atomic E-state index is 0.00981. The topological polar surface area (TPSA) is 67.2 Å². The molecule has 0 unspecified atom stereocenters. The Hall–Kier alpha value is -2.64. The number of aromatic nitrogens is 2. The van der Waals surface area contributed by atoms with Crippen molar-refractivity contribution in [3.05, 3.63) is 74.2 Å². The van der Waals surface area contributed by atoms with Crippen molar-refractivity contribution >= 4 is 34.7 Å². The molecule has 1 N–H and O–H groups in total. The molecule has 1 atom stereocenters. The summed E-state index contributed by atoms with van der Waals surface area (Å²) >= 11 is 7.77. The van der Waals surface area contributed by atoms with Crippen molar-refractivity contribution in [2.24, 2.45) is 5.92 Å². The molecule has 1 saturated heterocycles. The molecule has 32 heavy (non-hydrogen) atoms. The van der Waals surface area contributed by atoms with E-state index in [4.69, 9.17) is 11.6 Å². The molecule has 1 aromatic carbocycles. The first-order chi connectivity index (χ1) is 15.5. The smallest absolute Gasteiger partial charge is 0.271 e. The lowest BCUT2D eigenvalue weighted by atomic mass is 9.95. The number of hydrogen-bond acceptors (Lipinski definition) is 5. The molecule has 1 fully saturated rings. The van der Waals surface area contributed by atoms with Gasteiger partial charge in [-0.15, -0.1) is 16.4 Å². The van der Waals surface area contributed by atoms with E-state index in [1.165, 1.54) is 15.6 Å². The summed E-state index contributed by atoms with van der Waals surface area (Å²) in [6.07, 6.45) is 3.48. The van der Waals surface area contributed by atoms with Crippen LogP contribution in [0, 0.1) is 5.92 Å². The molecule has 6 nitrogen and oxygen atoms in total. The van der Waals surface area contributed by atoms with E-state index in [2.05, 4.69) is 33.7 Å². The maximum atomic E-state index is 12.9. The van der Waals surface area contributed by atoms with Crippen molar-refractivity contribution < 1.29 is 4.79 Å². The average molecular weight is 471 g/mol. The van der Waals surface area contributed by atoms with Crippen LogP contribution in [0.1, 0.15) is 43.5 Å². The highest BCUT2D eigenvalue weighted by Crippen LogP contribution is 2.26. The normalized spacial score (nSPS) is 15.5. The lowest BCUT2D eigenvalue weighted by Crippen LogP contribution is -2.42. The number of hydrogen-bond donors (Lipinski definition) is 1. The van der Waals surface area contributed by atoms with Gasteiger partial charge in [0.2, 0.25) is 5.91 Å². The van der Waals surface area contributed by atoms with Gasteiger partial charge < -0.3 is 10.2 Å². The molecule has 0 saturated carbocycles. The van der Waals surface area contributed by atoms with Crippen LogP contribution in [-0.2, 0) is 4.79 Å². The zero-order valence-electron chi connectivity index (χ0n) is 18.0. The molecule has 8 heteroatoms. The molecule has 1 aliphatic heterocycles. The summed E-state index contributed by atoms with van der Waals surface area (Å²) in [6, 6.07) is 14.6. The minimum Gasteiger partial charge on any atom is -0.355 e. The molecule has 0 spiro atoms. The molecule has 4 rings (SSSR count). The number of carbonyl (C=O) groups is 1. The summed E-state index contributed by atoms with van der Waals surface area (Å²) in [5.41, 5.74) is 0.426. The number of amides is 1. The predicted octanol–water partition coefficient (Wildman–Crippen LogP) is 4.82. The summed E-state index contributed by atoms with van der Waals surface area (Å²) in [5.74, 6) is 0.851. The second-order valence-corrected chi connectivity index (χ2v) is 9.46. The number of benzene rings is 1. The van der Waals surface area contributed by atoms with Crippen molar-refractivity contribution in [1.29, 1.82) is 0 Å². The van der Waals surface area contributed by atoms with Gasteiger partial charge in [-0.1, -0.05) is 37.1 Å². The van der Waals surface area contributed by atoms with E-state index in [0.29, 0.717) is 10.7 Å². The van der Waals surface area contributed by atoms with E-state index in [1.54, 1.807) is 41.7 Å². The van der Waals surface area contributed by atoms with Crippen molar-refractivity contribution in [2.75, 3.05) is 18.0 Å². The summed E-state index contributed by atoms with van der Waals surface area (Å²) in [6.45, 7) is 3.58. The number of halogens is 1. The molecule has 0 bridgehead atoms. The van der Waals surface area contributed by atoms with Gasteiger partial charge in [-0.25, -0.2) is 0 Å². The van der Waals surface area contributed by atoms with E-state index < -0.39 is 0 Å². The Balaban J connectivity index is 1.41. The first kappa shape index (κ1) is 22.6. The van der Waals surface area contributed by atoms with Crippen molar-refractivity contribution in [2.45, 2.75) is 38.6 Å². The SMILES string of the molecule is CCC[C@@H](NC(=O)C1CCN(c2ccc(=O)n(-c3cccc(Cl)c3)n2)CC1)c1cccs1. The van der Waals surface area contributed by atoms with Gasteiger partial charge in [-0.05, 0) is 55.0 Å². The van der Waals surface area contributed by atoms with Crippen LogP contribution in [0.15, 0.2) is 58.7 Å². The summed E-state index contributed by atoms with van der Waals surface area (Å²) in [4.78, 5) is 28.6. The molecule has 3 heterocycles. The molecular formula is C24H27ClN4O2S. The monoisotopic (exact) mass is 470 g/mol. The standard InChI is InChI=1S/C24H27ClN4O2S/c1-2-5-20(21-8-4-15-32-21)26-24(31)17-11-13-28(14-12-17)22-9-10-23(30)29(27-22)19-7-3-6-18(25)16-19/h3-4,6-10,15-17,20H,2,5,11-14H2,1H3,(H,26,31)/t20-/m1/s1. The number of nitrogens with zero attached hydrogens (tertiary/aromatic N) is 3. The third-order valence-corrected chi connectivity index (χ3v) is 7.03. The van der Waals surface area contributed by atoms with E-state index in [-0.39, 0.29) is 23.4 Å². The van der Waals surface area contributed by atoms with Crippen LogP contribution in [0.3, 0.4) is 0 Å². The van der Waals surface area contributed by atoms with Gasteiger partial charge >= 0.3 is 0 Å². The zero-order chi connectivity index (χ0) is 22.5. The Bertz CT molecular complexity index is 1110. The third kappa shape index (κ3) is 5.22. The molecular weight excluding hydrogens is 444 g/mol. The van der Waals surface area contributed by atoms with Crippen molar-refractivity contribution in [3.63, 3.8) is 0 Å². The highest BCUT2D eigenvalue weighted by Gasteiger charge is 2.27. The van der Waals surface area contributed by atoms with Gasteiger partial charge in [0.25, 0.3) is 5.56 Å². The lowest BCUT2D eigenvalue weighted by Gasteiger charge is -2.33. The summed E-state index contributed by atoms with van der Waals surface area (Å²) < 4.78 is 1.37. The van der Waals surface area contributed by atoms with E-state index in [9.17, 15) is 9.59 Å². The minimum atomic E-state index is -0.208. The van der Waals surface area contributed by atoms with E-state index in [0.717, 1.165) is 44.6 Å². The maximum Gasteiger partial charge on any atom is 0.271 e. The maximum absolute atomic E-state index is 12.9. The number of nitrogens with one attached hydrogen (secondary N) is 1. The highest BCUT2D eigenvalue weighted by atomic mass is 35.5. The number of rotatable bonds is 7. The van der Waals surface area contributed by atoms with Crippen LogP contribution in [0.5, 0.6) is 0 Å². The van der Waals surface area contributed by atoms with Gasteiger partial charge in [0, 0.05) is 35.0 Å². The second-order valence-electron chi connectivity index (χ2n) is 8.05. The van der Waals surface area contributed by atoms with Gasteiger partial charge in [0.15, 0.2) is 0 Å². The van der Waals surface area contributed by atoms with E-state index in [1.807, 2.05) is 6.07 Å². The highest BCUT2D eigenvalue weighted by molar-refractivity contribution is 7.10. The van der Waals surface area contributed by atoms with Gasteiger partial charge in [0.1, 0.15) is 5.82 Å². The van der Waals surface area contributed by atoms with Crippen LogP contribution in [0.25, 0.3) is 5.69 Å². The van der Waals surface area contributed by atoms with Gasteiger partial charge in [0.05, 0.1) is 11.7 Å². The van der Waals surface area contributed by atoms with Crippen LogP contribution in [0.2, 0.25) is 5.02 Å². The summed E-state index contributed by atoms with van der Waals surface area (Å²) in [5, 5.41) is 10.4.